The third-order valence-corrected chi connectivity index (χ3v) is 2.74. The molecule has 0 spiro atoms. The SMILES string of the molecule is CCCCN(CCCC)C(=CC=O)CCC. The van der Waals surface area contributed by atoms with E-state index in [0.29, 0.717) is 0 Å². The molecule has 0 bridgehead atoms. The number of carbonyl (C=O) groups excluding carboxylic acids is 1. The van der Waals surface area contributed by atoms with Crippen LogP contribution in [-0.4, -0.2) is 24.3 Å². The third kappa shape index (κ3) is 6.65. The second-order valence-electron chi connectivity index (χ2n) is 4.24. The van der Waals surface area contributed by atoms with Gasteiger partial charge in [-0.1, -0.05) is 40.0 Å². The lowest BCUT2D eigenvalue weighted by atomic mass is 10.2. The lowest BCUT2D eigenvalue weighted by Crippen LogP contribution is -2.25. The summed E-state index contributed by atoms with van der Waals surface area (Å²) in [7, 11) is 0. The molecule has 2 heteroatoms. The van der Waals surface area contributed by atoms with Crippen molar-refractivity contribution in [1.82, 2.24) is 4.90 Å². The molecular weight excluding hydrogens is 198 g/mol. The summed E-state index contributed by atoms with van der Waals surface area (Å²) in [5, 5.41) is 0. The predicted molar refractivity (Wildman–Crippen MR) is 70.4 cm³/mol. The van der Waals surface area contributed by atoms with Gasteiger partial charge in [0.05, 0.1) is 0 Å². The summed E-state index contributed by atoms with van der Waals surface area (Å²) in [6, 6.07) is 0. The van der Waals surface area contributed by atoms with Crippen LogP contribution in [0, 0.1) is 0 Å². The molecule has 0 aliphatic rings. The molecule has 0 aromatic carbocycles. The normalized spacial score (nSPS) is 11.6. The van der Waals surface area contributed by atoms with Crippen molar-refractivity contribution in [2.24, 2.45) is 0 Å². The van der Waals surface area contributed by atoms with E-state index in [2.05, 4.69) is 25.7 Å². The van der Waals surface area contributed by atoms with Gasteiger partial charge in [-0.3, -0.25) is 4.79 Å². The van der Waals surface area contributed by atoms with Crippen LogP contribution in [0.1, 0.15) is 59.3 Å². The summed E-state index contributed by atoms with van der Waals surface area (Å²) in [6.07, 6.45) is 9.64. The molecule has 0 saturated heterocycles. The van der Waals surface area contributed by atoms with Crippen LogP contribution in [0.5, 0.6) is 0 Å². The van der Waals surface area contributed by atoms with Crippen LogP contribution in [0.3, 0.4) is 0 Å². The highest BCUT2D eigenvalue weighted by atomic mass is 16.1. The number of aldehydes is 1. The molecule has 94 valence electrons. The smallest absolute Gasteiger partial charge is 0.144 e. The third-order valence-electron chi connectivity index (χ3n) is 2.74. The second-order valence-corrected chi connectivity index (χ2v) is 4.24. The van der Waals surface area contributed by atoms with Gasteiger partial charge in [-0.05, 0) is 25.3 Å². The molecule has 0 fully saturated rings. The fourth-order valence-corrected chi connectivity index (χ4v) is 1.78. The number of unbranched alkanes of at least 4 members (excludes halogenated alkanes) is 2. The Morgan fingerprint density at radius 3 is 1.94 bits per heavy atom. The van der Waals surface area contributed by atoms with Gasteiger partial charge in [-0.25, -0.2) is 0 Å². The highest BCUT2D eigenvalue weighted by Crippen LogP contribution is 2.13. The Balaban J connectivity index is 4.39. The van der Waals surface area contributed by atoms with E-state index in [1.807, 2.05) is 0 Å². The monoisotopic (exact) mass is 225 g/mol. The van der Waals surface area contributed by atoms with E-state index < -0.39 is 0 Å². The zero-order chi connectivity index (χ0) is 12.2. The lowest BCUT2D eigenvalue weighted by Gasteiger charge is -2.27. The molecular formula is C14H27NO. The quantitative estimate of drug-likeness (QED) is 0.416. The summed E-state index contributed by atoms with van der Waals surface area (Å²) in [5.74, 6) is 0. The first kappa shape index (κ1) is 15.2. The first-order valence-electron chi connectivity index (χ1n) is 6.69. The second kappa shape index (κ2) is 10.7. The average molecular weight is 225 g/mol. The molecule has 0 radical (unpaired) electrons. The van der Waals surface area contributed by atoms with Crippen molar-refractivity contribution in [3.8, 4) is 0 Å². The largest absolute Gasteiger partial charge is 0.375 e. The van der Waals surface area contributed by atoms with Crippen LogP contribution < -0.4 is 0 Å². The fraction of sp³-hybridized carbons (Fsp3) is 0.786. The molecule has 0 rings (SSSR count). The summed E-state index contributed by atoms with van der Waals surface area (Å²) in [6.45, 7) is 8.77. The van der Waals surface area contributed by atoms with E-state index in [1.54, 1.807) is 6.08 Å². The van der Waals surface area contributed by atoms with Crippen LogP contribution in [0.25, 0.3) is 0 Å². The van der Waals surface area contributed by atoms with Crippen molar-refractivity contribution in [3.63, 3.8) is 0 Å². The Morgan fingerprint density at radius 2 is 1.56 bits per heavy atom. The molecule has 0 N–H and O–H groups in total. The highest BCUT2D eigenvalue weighted by Gasteiger charge is 2.07. The van der Waals surface area contributed by atoms with Gasteiger partial charge >= 0.3 is 0 Å². The van der Waals surface area contributed by atoms with E-state index in [9.17, 15) is 4.79 Å². The number of rotatable bonds is 10. The standard InChI is InChI=1S/C14H27NO/c1-4-7-11-15(12-8-5-2)14(9-6-3)10-13-16/h10,13H,4-9,11-12H2,1-3H3. The Morgan fingerprint density at radius 1 is 1.00 bits per heavy atom. The zero-order valence-electron chi connectivity index (χ0n) is 11.2. The van der Waals surface area contributed by atoms with Gasteiger partial charge in [-0.15, -0.1) is 0 Å². The molecule has 0 aliphatic carbocycles. The van der Waals surface area contributed by atoms with Gasteiger partial charge in [-0.2, -0.15) is 0 Å². The number of hydrogen-bond donors (Lipinski definition) is 0. The van der Waals surface area contributed by atoms with E-state index in [4.69, 9.17) is 0 Å². The predicted octanol–water partition coefficient (Wildman–Crippen LogP) is 3.77. The minimum Gasteiger partial charge on any atom is -0.375 e. The molecule has 0 amide bonds. The van der Waals surface area contributed by atoms with E-state index >= 15 is 0 Å². The molecule has 0 aliphatic heterocycles. The van der Waals surface area contributed by atoms with Gasteiger partial charge in [0, 0.05) is 18.8 Å². The van der Waals surface area contributed by atoms with Crippen LogP contribution >= 0.6 is 0 Å². The van der Waals surface area contributed by atoms with Crippen molar-refractivity contribution in [2.75, 3.05) is 13.1 Å². The first-order valence-corrected chi connectivity index (χ1v) is 6.69. The van der Waals surface area contributed by atoms with Crippen LogP contribution in [0.15, 0.2) is 11.8 Å². The van der Waals surface area contributed by atoms with Crippen LogP contribution in [0.2, 0.25) is 0 Å². The Kier molecular flexibility index (Phi) is 10.2. The van der Waals surface area contributed by atoms with Crippen molar-refractivity contribution >= 4 is 6.29 Å². The van der Waals surface area contributed by atoms with Gasteiger partial charge < -0.3 is 4.90 Å². The number of carbonyl (C=O) groups is 1. The summed E-state index contributed by atoms with van der Waals surface area (Å²) in [4.78, 5) is 13.0. The number of allylic oxidation sites excluding steroid dienone is 2. The zero-order valence-corrected chi connectivity index (χ0v) is 11.2. The van der Waals surface area contributed by atoms with Crippen molar-refractivity contribution < 1.29 is 4.79 Å². The molecule has 0 atom stereocenters. The van der Waals surface area contributed by atoms with E-state index in [1.165, 1.54) is 31.4 Å². The molecule has 0 aromatic heterocycles. The maximum Gasteiger partial charge on any atom is 0.144 e. The van der Waals surface area contributed by atoms with Crippen LogP contribution in [-0.2, 0) is 4.79 Å². The van der Waals surface area contributed by atoms with Crippen molar-refractivity contribution in [1.29, 1.82) is 0 Å². The number of hydrogen-bond acceptors (Lipinski definition) is 2. The van der Waals surface area contributed by atoms with E-state index in [-0.39, 0.29) is 0 Å². The maximum absolute atomic E-state index is 10.6. The molecule has 2 nitrogen and oxygen atoms in total. The summed E-state index contributed by atoms with van der Waals surface area (Å²) >= 11 is 0. The molecule has 0 unspecified atom stereocenters. The maximum atomic E-state index is 10.6. The fourth-order valence-electron chi connectivity index (χ4n) is 1.78. The highest BCUT2D eigenvalue weighted by molar-refractivity contribution is 5.65. The Hall–Kier alpha value is -0.790. The lowest BCUT2D eigenvalue weighted by molar-refractivity contribution is -0.104. The van der Waals surface area contributed by atoms with E-state index in [0.717, 1.165) is 32.2 Å². The number of nitrogens with zero attached hydrogens (tertiary/aromatic N) is 1. The van der Waals surface area contributed by atoms with Gasteiger partial charge in [0.2, 0.25) is 0 Å². The summed E-state index contributed by atoms with van der Waals surface area (Å²) < 4.78 is 0. The topological polar surface area (TPSA) is 20.3 Å². The van der Waals surface area contributed by atoms with Gasteiger partial charge in [0.25, 0.3) is 0 Å². The van der Waals surface area contributed by atoms with Crippen molar-refractivity contribution in [3.05, 3.63) is 11.8 Å². The Bertz CT molecular complexity index is 191. The first-order chi connectivity index (χ1) is 7.79. The molecule has 0 heterocycles. The summed E-state index contributed by atoms with van der Waals surface area (Å²) in [5.41, 5.74) is 1.22. The van der Waals surface area contributed by atoms with Gasteiger partial charge in [0.1, 0.15) is 6.29 Å². The van der Waals surface area contributed by atoms with Gasteiger partial charge in [0.15, 0.2) is 0 Å². The average Bonchev–Trinajstić information content (AvgIpc) is 2.29. The Labute approximate surface area is 101 Å². The molecule has 0 saturated carbocycles. The minimum absolute atomic E-state index is 0.926. The molecule has 0 aromatic rings. The van der Waals surface area contributed by atoms with Crippen LogP contribution in [0.4, 0.5) is 0 Å². The molecule has 16 heavy (non-hydrogen) atoms. The minimum atomic E-state index is 0.926. The van der Waals surface area contributed by atoms with Crippen molar-refractivity contribution in [2.45, 2.75) is 59.3 Å².